The summed E-state index contributed by atoms with van der Waals surface area (Å²) >= 11 is 0. The van der Waals surface area contributed by atoms with Gasteiger partial charge in [0.15, 0.2) is 0 Å². The van der Waals surface area contributed by atoms with Gasteiger partial charge < -0.3 is 10.2 Å². The van der Waals surface area contributed by atoms with E-state index < -0.39 is 0 Å². The molecule has 1 N–H and O–H groups in total. The van der Waals surface area contributed by atoms with Crippen LogP contribution in [-0.4, -0.2) is 31.6 Å². The molecule has 1 aromatic rings. The number of hydrogen-bond acceptors (Lipinski definition) is 2. The van der Waals surface area contributed by atoms with E-state index in [9.17, 15) is 0 Å². The number of aryl methyl sites for hydroxylation is 1. The Morgan fingerprint density at radius 3 is 2.54 bits per heavy atom. The summed E-state index contributed by atoms with van der Waals surface area (Å²) in [6.07, 6.45) is 11.6. The van der Waals surface area contributed by atoms with Gasteiger partial charge in [-0.25, -0.2) is 0 Å². The first kappa shape index (κ1) is 17.5. The number of allylic oxidation sites excluding steroid dienone is 1. The van der Waals surface area contributed by atoms with Gasteiger partial charge in [0.25, 0.3) is 0 Å². The second-order valence-electron chi connectivity index (χ2n) is 7.96. The molecule has 2 fully saturated rings. The third-order valence-electron chi connectivity index (χ3n) is 5.86. The zero-order valence-corrected chi connectivity index (χ0v) is 15.6. The molecule has 0 amide bonds. The first-order valence-corrected chi connectivity index (χ1v) is 9.88. The van der Waals surface area contributed by atoms with Crippen LogP contribution in [0.15, 0.2) is 36.0 Å². The van der Waals surface area contributed by atoms with Crippen LogP contribution in [0.25, 0.3) is 0 Å². The summed E-state index contributed by atoms with van der Waals surface area (Å²) in [7, 11) is 2.22. The molecule has 2 nitrogen and oxygen atoms in total. The second-order valence-corrected chi connectivity index (χ2v) is 7.96. The fourth-order valence-electron chi connectivity index (χ4n) is 3.98. The smallest absolute Gasteiger partial charge is 0.0172 e. The van der Waals surface area contributed by atoms with Crippen LogP contribution in [0, 0.1) is 11.8 Å². The molecule has 1 aliphatic carbocycles. The van der Waals surface area contributed by atoms with Gasteiger partial charge in [-0.3, -0.25) is 0 Å². The van der Waals surface area contributed by atoms with E-state index in [1.165, 1.54) is 69.2 Å². The van der Waals surface area contributed by atoms with Crippen molar-refractivity contribution in [2.45, 2.75) is 51.9 Å². The molecule has 3 rings (SSSR count). The van der Waals surface area contributed by atoms with E-state index in [4.69, 9.17) is 0 Å². The van der Waals surface area contributed by atoms with Crippen LogP contribution in [-0.2, 0) is 12.8 Å². The maximum absolute atomic E-state index is 3.46. The fraction of sp³-hybridized carbons (Fsp3) is 0.636. The van der Waals surface area contributed by atoms with E-state index in [2.05, 4.69) is 54.7 Å². The molecule has 0 spiro atoms. The molecule has 0 radical (unpaired) electrons. The number of rotatable bonds is 8. The lowest BCUT2D eigenvalue weighted by atomic mass is 9.80. The maximum Gasteiger partial charge on any atom is 0.0172 e. The van der Waals surface area contributed by atoms with Gasteiger partial charge in [0, 0.05) is 13.6 Å². The molecule has 2 heteroatoms. The minimum Gasteiger partial charge on any atom is -0.380 e. The maximum atomic E-state index is 3.46. The number of nitrogens with zero attached hydrogens (tertiary/aromatic N) is 1. The van der Waals surface area contributed by atoms with Gasteiger partial charge in [0.2, 0.25) is 0 Å². The Balaban J connectivity index is 1.38. The van der Waals surface area contributed by atoms with Crippen LogP contribution in [0.4, 0.5) is 0 Å². The number of benzene rings is 1. The van der Waals surface area contributed by atoms with Gasteiger partial charge in [-0.1, -0.05) is 36.3 Å². The van der Waals surface area contributed by atoms with Gasteiger partial charge in [-0.15, -0.1) is 0 Å². The fourth-order valence-corrected chi connectivity index (χ4v) is 3.98. The van der Waals surface area contributed by atoms with Crippen molar-refractivity contribution in [1.82, 2.24) is 10.2 Å². The molecule has 2 aliphatic rings. The summed E-state index contributed by atoms with van der Waals surface area (Å²) in [6.45, 7) is 5.85. The highest BCUT2D eigenvalue weighted by atomic mass is 15.1. The Bertz CT molecular complexity index is 521. The molecule has 1 saturated heterocycles. The topological polar surface area (TPSA) is 15.3 Å². The molecule has 1 atom stereocenters. The highest BCUT2D eigenvalue weighted by Crippen LogP contribution is 2.32. The van der Waals surface area contributed by atoms with E-state index in [0.717, 1.165) is 18.4 Å². The van der Waals surface area contributed by atoms with E-state index in [0.29, 0.717) is 0 Å². The quantitative estimate of drug-likeness (QED) is 0.761. The van der Waals surface area contributed by atoms with Crippen LogP contribution in [0.3, 0.4) is 0 Å². The zero-order valence-electron chi connectivity index (χ0n) is 15.6. The molecule has 24 heavy (non-hydrogen) atoms. The predicted octanol–water partition coefficient (Wildman–Crippen LogP) is 4.41. The average molecular weight is 327 g/mol. The molecule has 1 heterocycles. The molecular weight excluding hydrogens is 292 g/mol. The van der Waals surface area contributed by atoms with Crippen LogP contribution in [0.2, 0.25) is 0 Å². The van der Waals surface area contributed by atoms with Crippen molar-refractivity contribution in [3.63, 3.8) is 0 Å². The Kier molecular flexibility index (Phi) is 6.37. The molecular formula is C22H34N2. The summed E-state index contributed by atoms with van der Waals surface area (Å²) in [5.41, 5.74) is 4.56. The van der Waals surface area contributed by atoms with Crippen molar-refractivity contribution in [3.8, 4) is 0 Å². The summed E-state index contributed by atoms with van der Waals surface area (Å²) in [5, 5.41) is 3.46. The minimum absolute atomic E-state index is 0.843. The van der Waals surface area contributed by atoms with Gasteiger partial charge in [0.05, 0.1) is 0 Å². The summed E-state index contributed by atoms with van der Waals surface area (Å²) < 4.78 is 0. The normalized spacial score (nSPS) is 21.8. The lowest BCUT2D eigenvalue weighted by Crippen LogP contribution is -2.18. The monoisotopic (exact) mass is 326 g/mol. The summed E-state index contributed by atoms with van der Waals surface area (Å²) in [6, 6.07) is 9.37. The van der Waals surface area contributed by atoms with Crippen molar-refractivity contribution >= 4 is 0 Å². The van der Waals surface area contributed by atoms with Crippen molar-refractivity contribution in [3.05, 3.63) is 47.2 Å². The van der Waals surface area contributed by atoms with Crippen LogP contribution >= 0.6 is 0 Å². The van der Waals surface area contributed by atoms with Crippen molar-refractivity contribution in [2.75, 3.05) is 26.7 Å². The second kappa shape index (κ2) is 8.71. The molecule has 1 aliphatic heterocycles. The van der Waals surface area contributed by atoms with Gasteiger partial charge in [-0.05, 0) is 87.7 Å². The van der Waals surface area contributed by atoms with Gasteiger partial charge in [-0.2, -0.15) is 0 Å². The third-order valence-corrected chi connectivity index (χ3v) is 5.86. The van der Waals surface area contributed by atoms with Gasteiger partial charge in [0.1, 0.15) is 0 Å². The Morgan fingerprint density at radius 1 is 1.17 bits per heavy atom. The largest absolute Gasteiger partial charge is 0.380 e. The van der Waals surface area contributed by atoms with Crippen LogP contribution < -0.4 is 5.32 Å². The van der Waals surface area contributed by atoms with Crippen LogP contribution in [0.5, 0.6) is 0 Å². The van der Waals surface area contributed by atoms with Crippen LogP contribution in [0.1, 0.15) is 50.2 Å². The Labute approximate surface area is 148 Å². The predicted molar refractivity (Wildman–Crippen MR) is 103 cm³/mol. The van der Waals surface area contributed by atoms with E-state index in [1.807, 2.05) is 0 Å². The Hall–Kier alpha value is -1.28. The first-order valence-electron chi connectivity index (χ1n) is 9.88. The minimum atomic E-state index is 0.843. The standard InChI is InChI=1S/C22H34N2/c1-18(22-6-3-7-22)17-24(2)14-4-5-19-8-10-20(11-9-19)15-21-12-13-23-16-21/h8-11,17,21-23H,3-7,12-16H2,1-2H3/b18-17+. The van der Waals surface area contributed by atoms with Gasteiger partial charge >= 0.3 is 0 Å². The van der Waals surface area contributed by atoms with E-state index >= 15 is 0 Å². The molecule has 1 unspecified atom stereocenters. The summed E-state index contributed by atoms with van der Waals surface area (Å²) in [5.74, 6) is 1.71. The average Bonchev–Trinajstić information content (AvgIpc) is 3.00. The highest BCUT2D eigenvalue weighted by Gasteiger charge is 2.19. The Morgan fingerprint density at radius 2 is 1.92 bits per heavy atom. The molecule has 1 aromatic carbocycles. The van der Waals surface area contributed by atoms with E-state index in [1.54, 1.807) is 5.57 Å². The third kappa shape index (κ3) is 5.11. The molecule has 1 saturated carbocycles. The number of hydrogen-bond donors (Lipinski definition) is 1. The number of nitrogens with one attached hydrogen (secondary N) is 1. The van der Waals surface area contributed by atoms with Crippen molar-refractivity contribution in [1.29, 1.82) is 0 Å². The summed E-state index contributed by atoms with van der Waals surface area (Å²) in [4.78, 5) is 2.38. The SMILES string of the molecule is C/C(=C\N(C)CCCc1ccc(CC2CCNC2)cc1)C1CCC1. The van der Waals surface area contributed by atoms with Crippen molar-refractivity contribution < 1.29 is 0 Å². The van der Waals surface area contributed by atoms with E-state index in [-0.39, 0.29) is 0 Å². The molecule has 132 valence electrons. The lowest BCUT2D eigenvalue weighted by Gasteiger charge is -2.28. The lowest BCUT2D eigenvalue weighted by molar-refractivity contribution is 0.354. The first-order chi connectivity index (χ1) is 11.7. The highest BCUT2D eigenvalue weighted by molar-refractivity contribution is 5.23. The zero-order chi connectivity index (χ0) is 16.8. The van der Waals surface area contributed by atoms with Crippen molar-refractivity contribution in [2.24, 2.45) is 11.8 Å². The molecule has 0 aromatic heterocycles. The molecule has 0 bridgehead atoms.